The summed E-state index contributed by atoms with van der Waals surface area (Å²) in [6.07, 6.45) is 0.889. The number of rotatable bonds is 2. The third-order valence-electron chi connectivity index (χ3n) is 2.00. The maximum atomic E-state index is 8.82. The zero-order chi connectivity index (χ0) is 6.74. The van der Waals surface area contributed by atoms with Crippen molar-refractivity contribution < 1.29 is 10.2 Å². The van der Waals surface area contributed by atoms with Crippen molar-refractivity contribution in [2.75, 3.05) is 26.3 Å². The molecular weight excluding hydrogens is 118 g/mol. The van der Waals surface area contributed by atoms with Crippen molar-refractivity contribution in [2.24, 2.45) is 5.41 Å². The summed E-state index contributed by atoms with van der Waals surface area (Å²) >= 11 is 0. The molecule has 0 spiro atoms. The highest BCUT2D eigenvalue weighted by molar-refractivity contribution is 4.86. The molecule has 0 amide bonds. The minimum atomic E-state index is -0.222. The van der Waals surface area contributed by atoms with Crippen LogP contribution in [0.15, 0.2) is 0 Å². The molecule has 1 aliphatic heterocycles. The SMILES string of the molecule is OCC1(CO)CCNC1. The second-order valence-electron chi connectivity index (χ2n) is 2.74. The van der Waals surface area contributed by atoms with Gasteiger partial charge in [-0.3, -0.25) is 0 Å². The van der Waals surface area contributed by atoms with Gasteiger partial charge in [0.05, 0.1) is 13.2 Å². The molecule has 3 N–H and O–H groups in total. The van der Waals surface area contributed by atoms with Gasteiger partial charge in [0, 0.05) is 12.0 Å². The maximum Gasteiger partial charge on any atom is 0.0522 e. The number of aliphatic hydroxyl groups is 2. The van der Waals surface area contributed by atoms with E-state index in [9.17, 15) is 0 Å². The zero-order valence-corrected chi connectivity index (χ0v) is 5.43. The van der Waals surface area contributed by atoms with Gasteiger partial charge in [-0.1, -0.05) is 0 Å². The molecule has 0 saturated carbocycles. The predicted octanol–water partition coefficient (Wildman–Crippen LogP) is -1.05. The average Bonchev–Trinajstić information content (AvgIpc) is 2.36. The molecule has 3 heteroatoms. The van der Waals surface area contributed by atoms with E-state index in [1.165, 1.54) is 0 Å². The van der Waals surface area contributed by atoms with Gasteiger partial charge in [0.2, 0.25) is 0 Å². The molecule has 54 valence electrons. The Morgan fingerprint density at radius 3 is 2.22 bits per heavy atom. The van der Waals surface area contributed by atoms with Crippen molar-refractivity contribution in [3.05, 3.63) is 0 Å². The first-order valence-electron chi connectivity index (χ1n) is 3.25. The normalized spacial score (nSPS) is 24.7. The second-order valence-corrected chi connectivity index (χ2v) is 2.74. The first-order chi connectivity index (χ1) is 4.33. The van der Waals surface area contributed by atoms with E-state index in [0.29, 0.717) is 0 Å². The molecule has 0 atom stereocenters. The van der Waals surface area contributed by atoms with Crippen LogP contribution < -0.4 is 5.32 Å². The van der Waals surface area contributed by atoms with Crippen molar-refractivity contribution >= 4 is 0 Å². The molecule has 0 radical (unpaired) electrons. The Morgan fingerprint density at radius 1 is 1.33 bits per heavy atom. The highest BCUT2D eigenvalue weighted by Crippen LogP contribution is 2.22. The van der Waals surface area contributed by atoms with Gasteiger partial charge in [0.1, 0.15) is 0 Å². The van der Waals surface area contributed by atoms with E-state index in [1.807, 2.05) is 0 Å². The summed E-state index contributed by atoms with van der Waals surface area (Å²) in [6.45, 7) is 1.86. The van der Waals surface area contributed by atoms with Crippen molar-refractivity contribution in [2.45, 2.75) is 6.42 Å². The highest BCUT2D eigenvalue weighted by atomic mass is 16.3. The monoisotopic (exact) mass is 131 g/mol. The van der Waals surface area contributed by atoms with Crippen LogP contribution >= 0.6 is 0 Å². The Labute approximate surface area is 54.7 Å². The molecular formula is C6H13NO2. The van der Waals surface area contributed by atoms with Gasteiger partial charge in [-0.05, 0) is 13.0 Å². The minimum absolute atomic E-state index is 0.0938. The van der Waals surface area contributed by atoms with Crippen LogP contribution in [0.3, 0.4) is 0 Å². The van der Waals surface area contributed by atoms with E-state index in [2.05, 4.69) is 5.32 Å². The van der Waals surface area contributed by atoms with Crippen LogP contribution in [0, 0.1) is 5.41 Å². The van der Waals surface area contributed by atoms with Crippen molar-refractivity contribution in [3.63, 3.8) is 0 Å². The van der Waals surface area contributed by atoms with Gasteiger partial charge < -0.3 is 15.5 Å². The molecule has 1 saturated heterocycles. The maximum absolute atomic E-state index is 8.82. The third kappa shape index (κ3) is 1.23. The number of hydrogen-bond donors (Lipinski definition) is 3. The van der Waals surface area contributed by atoms with E-state index >= 15 is 0 Å². The molecule has 3 nitrogen and oxygen atoms in total. The van der Waals surface area contributed by atoms with Gasteiger partial charge >= 0.3 is 0 Å². The minimum Gasteiger partial charge on any atom is -0.396 e. The van der Waals surface area contributed by atoms with Gasteiger partial charge in [-0.2, -0.15) is 0 Å². The lowest BCUT2D eigenvalue weighted by Gasteiger charge is -2.21. The molecule has 1 fully saturated rings. The molecule has 1 aliphatic rings. The predicted molar refractivity (Wildman–Crippen MR) is 34.1 cm³/mol. The Kier molecular flexibility index (Phi) is 2.05. The fraction of sp³-hybridized carbons (Fsp3) is 1.00. The van der Waals surface area contributed by atoms with Gasteiger partial charge in [-0.15, -0.1) is 0 Å². The topological polar surface area (TPSA) is 52.5 Å². The van der Waals surface area contributed by atoms with Crippen molar-refractivity contribution in [3.8, 4) is 0 Å². The third-order valence-corrected chi connectivity index (χ3v) is 2.00. The molecule has 0 aromatic heterocycles. The van der Waals surface area contributed by atoms with Crippen LogP contribution in [0.2, 0.25) is 0 Å². The molecule has 0 aromatic rings. The van der Waals surface area contributed by atoms with E-state index in [-0.39, 0.29) is 18.6 Å². The van der Waals surface area contributed by atoms with E-state index in [1.54, 1.807) is 0 Å². The van der Waals surface area contributed by atoms with Gasteiger partial charge in [0.25, 0.3) is 0 Å². The fourth-order valence-corrected chi connectivity index (χ4v) is 1.12. The molecule has 9 heavy (non-hydrogen) atoms. The quantitative estimate of drug-likeness (QED) is 0.448. The summed E-state index contributed by atoms with van der Waals surface area (Å²) < 4.78 is 0. The van der Waals surface area contributed by atoms with Gasteiger partial charge in [-0.25, -0.2) is 0 Å². The molecule has 1 heterocycles. The highest BCUT2D eigenvalue weighted by Gasteiger charge is 2.31. The Bertz CT molecular complexity index is 83.1. The Balaban J connectivity index is 2.45. The van der Waals surface area contributed by atoms with Gasteiger partial charge in [0.15, 0.2) is 0 Å². The molecule has 0 unspecified atom stereocenters. The lowest BCUT2D eigenvalue weighted by molar-refractivity contribution is 0.0714. The number of hydrogen-bond acceptors (Lipinski definition) is 3. The average molecular weight is 131 g/mol. The number of nitrogens with one attached hydrogen (secondary N) is 1. The second kappa shape index (κ2) is 2.64. The fourth-order valence-electron chi connectivity index (χ4n) is 1.12. The van der Waals surface area contributed by atoms with Crippen LogP contribution in [-0.4, -0.2) is 36.5 Å². The Hall–Kier alpha value is -0.120. The molecule has 0 aromatic carbocycles. The molecule has 0 aliphatic carbocycles. The Morgan fingerprint density at radius 2 is 2.00 bits per heavy atom. The zero-order valence-electron chi connectivity index (χ0n) is 5.43. The van der Waals surface area contributed by atoms with E-state index in [0.717, 1.165) is 19.5 Å². The van der Waals surface area contributed by atoms with E-state index in [4.69, 9.17) is 10.2 Å². The van der Waals surface area contributed by atoms with Crippen LogP contribution in [0.4, 0.5) is 0 Å². The standard InChI is InChI=1S/C6H13NO2/c8-4-6(5-9)1-2-7-3-6/h7-9H,1-5H2. The first-order valence-corrected chi connectivity index (χ1v) is 3.25. The summed E-state index contributed by atoms with van der Waals surface area (Å²) in [7, 11) is 0. The summed E-state index contributed by atoms with van der Waals surface area (Å²) in [5.74, 6) is 0. The largest absolute Gasteiger partial charge is 0.396 e. The lowest BCUT2D eigenvalue weighted by atomic mass is 9.90. The van der Waals surface area contributed by atoms with Crippen LogP contribution in [0.5, 0.6) is 0 Å². The molecule has 0 bridgehead atoms. The first kappa shape index (κ1) is 6.99. The van der Waals surface area contributed by atoms with Crippen molar-refractivity contribution in [1.29, 1.82) is 0 Å². The summed E-state index contributed by atoms with van der Waals surface area (Å²) in [5, 5.41) is 20.7. The van der Waals surface area contributed by atoms with Crippen molar-refractivity contribution in [1.82, 2.24) is 5.32 Å². The van der Waals surface area contributed by atoms with Crippen LogP contribution in [0.1, 0.15) is 6.42 Å². The number of aliphatic hydroxyl groups excluding tert-OH is 2. The lowest BCUT2D eigenvalue weighted by Crippen LogP contribution is -2.31. The summed E-state index contributed by atoms with van der Waals surface area (Å²) in [4.78, 5) is 0. The van der Waals surface area contributed by atoms with Crippen LogP contribution in [-0.2, 0) is 0 Å². The van der Waals surface area contributed by atoms with Crippen LogP contribution in [0.25, 0.3) is 0 Å². The summed E-state index contributed by atoms with van der Waals surface area (Å²) in [6, 6.07) is 0. The summed E-state index contributed by atoms with van der Waals surface area (Å²) in [5.41, 5.74) is -0.222. The smallest absolute Gasteiger partial charge is 0.0522 e. The van der Waals surface area contributed by atoms with E-state index < -0.39 is 0 Å². The molecule has 1 rings (SSSR count).